The first kappa shape index (κ1) is 15.5. The Kier molecular flexibility index (Phi) is 3.77. The molecule has 4 rings (SSSR count). The lowest BCUT2D eigenvalue weighted by Gasteiger charge is -2.01. The van der Waals surface area contributed by atoms with Gasteiger partial charge in [-0.05, 0) is 25.0 Å². The molecule has 126 valence electrons. The van der Waals surface area contributed by atoms with Gasteiger partial charge < -0.3 is 0 Å². The summed E-state index contributed by atoms with van der Waals surface area (Å²) in [6, 6.07) is 7.62. The minimum absolute atomic E-state index is 0.0330. The number of rotatable bonds is 5. The molecular weight excluding hydrogens is 342 g/mol. The van der Waals surface area contributed by atoms with Gasteiger partial charge >= 0.3 is 0 Å². The lowest BCUT2D eigenvalue weighted by atomic mass is 10.3. The summed E-state index contributed by atoms with van der Waals surface area (Å²) in [5.41, 5.74) is 1.73. The number of nitro groups is 1. The zero-order valence-corrected chi connectivity index (χ0v) is 13.8. The monoisotopic (exact) mass is 355 g/mol. The molecule has 0 saturated heterocycles. The van der Waals surface area contributed by atoms with Gasteiger partial charge in [0.2, 0.25) is 0 Å². The van der Waals surface area contributed by atoms with Gasteiger partial charge in [-0.2, -0.15) is 5.10 Å². The van der Waals surface area contributed by atoms with Crippen molar-refractivity contribution in [2.24, 2.45) is 0 Å². The van der Waals surface area contributed by atoms with E-state index in [1.54, 1.807) is 24.4 Å². The Morgan fingerprint density at radius 2 is 2.20 bits per heavy atom. The highest BCUT2D eigenvalue weighted by Crippen LogP contribution is 2.40. The first-order valence-electron chi connectivity index (χ1n) is 7.67. The van der Waals surface area contributed by atoms with Crippen molar-refractivity contribution >= 4 is 28.1 Å². The number of carbonyl (C=O) groups is 1. The summed E-state index contributed by atoms with van der Waals surface area (Å²) in [5, 5.41) is 20.3. The van der Waals surface area contributed by atoms with Crippen molar-refractivity contribution in [2.75, 3.05) is 5.32 Å². The fourth-order valence-electron chi connectivity index (χ4n) is 2.41. The van der Waals surface area contributed by atoms with E-state index >= 15 is 0 Å². The lowest BCUT2D eigenvalue weighted by Crippen LogP contribution is -2.13. The maximum Gasteiger partial charge on any atom is 0.277 e. The van der Waals surface area contributed by atoms with Crippen LogP contribution < -0.4 is 5.32 Å². The van der Waals surface area contributed by atoms with Crippen LogP contribution >= 0.6 is 11.3 Å². The molecule has 1 saturated carbocycles. The number of thiazole rings is 1. The number of nitrogens with zero attached hydrogens (tertiary/aromatic N) is 4. The van der Waals surface area contributed by atoms with Gasteiger partial charge in [0.1, 0.15) is 0 Å². The van der Waals surface area contributed by atoms with Gasteiger partial charge in [-0.25, -0.2) is 9.67 Å². The molecule has 1 amide bonds. The van der Waals surface area contributed by atoms with Gasteiger partial charge in [0, 0.05) is 29.6 Å². The predicted molar refractivity (Wildman–Crippen MR) is 92.3 cm³/mol. The van der Waals surface area contributed by atoms with E-state index in [0.29, 0.717) is 16.7 Å². The van der Waals surface area contributed by atoms with Crippen molar-refractivity contribution in [3.8, 4) is 5.69 Å². The number of hydrogen-bond acceptors (Lipinski definition) is 6. The summed E-state index contributed by atoms with van der Waals surface area (Å²) >= 11 is 1.40. The number of nitrogens with one attached hydrogen (secondary N) is 1. The predicted octanol–water partition coefficient (Wildman–Crippen LogP) is 3.37. The SMILES string of the molecule is O=C(Nc1nc(C2CC2)cs1)c1ccn(-c2cccc([N+](=O)[O-])c2)n1. The third kappa shape index (κ3) is 3.26. The summed E-state index contributed by atoms with van der Waals surface area (Å²) in [6.07, 6.45) is 3.90. The zero-order valence-electron chi connectivity index (χ0n) is 13.0. The molecule has 1 aliphatic rings. The summed E-state index contributed by atoms with van der Waals surface area (Å²) in [5.74, 6) is 0.177. The van der Waals surface area contributed by atoms with E-state index in [9.17, 15) is 14.9 Å². The molecule has 1 N–H and O–H groups in total. The van der Waals surface area contributed by atoms with Crippen molar-refractivity contribution in [3.63, 3.8) is 0 Å². The topological polar surface area (TPSA) is 103 Å². The normalized spacial score (nSPS) is 13.6. The van der Waals surface area contributed by atoms with Gasteiger partial charge in [-0.3, -0.25) is 20.2 Å². The third-order valence-electron chi connectivity index (χ3n) is 3.86. The lowest BCUT2D eigenvalue weighted by molar-refractivity contribution is -0.384. The Labute approximate surface area is 146 Å². The average Bonchev–Trinajstić information content (AvgIpc) is 3.16. The number of anilines is 1. The third-order valence-corrected chi connectivity index (χ3v) is 4.64. The van der Waals surface area contributed by atoms with Crippen molar-refractivity contribution < 1.29 is 9.72 Å². The Hall–Kier alpha value is -3.07. The van der Waals surface area contributed by atoms with Crippen LogP contribution in [-0.2, 0) is 0 Å². The van der Waals surface area contributed by atoms with Crippen molar-refractivity contribution in [2.45, 2.75) is 18.8 Å². The van der Waals surface area contributed by atoms with Gasteiger partial charge in [0.25, 0.3) is 11.6 Å². The quantitative estimate of drug-likeness (QED) is 0.558. The second-order valence-corrected chi connectivity index (χ2v) is 6.59. The second-order valence-electron chi connectivity index (χ2n) is 5.73. The van der Waals surface area contributed by atoms with Crippen molar-refractivity contribution in [1.29, 1.82) is 0 Å². The number of carbonyl (C=O) groups excluding carboxylic acids is 1. The zero-order chi connectivity index (χ0) is 17.4. The number of benzene rings is 1. The molecule has 1 aliphatic carbocycles. The molecule has 0 unspecified atom stereocenters. The number of amides is 1. The maximum absolute atomic E-state index is 12.3. The summed E-state index contributed by atoms with van der Waals surface area (Å²) in [7, 11) is 0. The number of nitro benzene ring substituents is 1. The van der Waals surface area contributed by atoms with E-state index in [1.165, 1.54) is 28.2 Å². The second kappa shape index (κ2) is 6.10. The van der Waals surface area contributed by atoms with E-state index in [4.69, 9.17) is 0 Å². The van der Waals surface area contributed by atoms with Crippen LogP contribution in [0.4, 0.5) is 10.8 Å². The summed E-state index contributed by atoms with van der Waals surface area (Å²) < 4.78 is 1.43. The molecule has 2 heterocycles. The average molecular weight is 355 g/mol. The highest BCUT2D eigenvalue weighted by molar-refractivity contribution is 7.14. The Morgan fingerprint density at radius 3 is 2.96 bits per heavy atom. The van der Waals surface area contributed by atoms with Crippen LogP contribution in [0.5, 0.6) is 0 Å². The molecule has 0 radical (unpaired) electrons. The van der Waals surface area contributed by atoms with Crippen LogP contribution in [0.3, 0.4) is 0 Å². The van der Waals surface area contributed by atoms with Gasteiger partial charge in [0.05, 0.1) is 16.3 Å². The van der Waals surface area contributed by atoms with Crippen LogP contribution in [0.25, 0.3) is 5.69 Å². The Morgan fingerprint density at radius 1 is 1.36 bits per heavy atom. The smallest absolute Gasteiger partial charge is 0.277 e. The fraction of sp³-hybridized carbons (Fsp3) is 0.188. The van der Waals surface area contributed by atoms with E-state index in [0.717, 1.165) is 18.5 Å². The van der Waals surface area contributed by atoms with Crippen LogP contribution in [-0.4, -0.2) is 25.6 Å². The molecule has 1 fully saturated rings. The molecule has 9 heteroatoms. The minimum atomic E-state index is -0.472. The Balaban J connectivity index is 1.50. The van der Waals surface area contributed by atoms with Gasteiger partial charge in [-0.15, -0.1) is 11.3 Å². The minimum Gasteiger partial charge on any atom is -0.296 e. The van der Waals surface area contributed by atoms with Crippen molar-refractivity contribution in [3.05, 3.63) is 63.4 Å². The van der Waals surface area contributed by atoms with Crippen LogP contribution in [0, 0.1) is 10.1 Å². The molecule has 3 aromatic rings. The van der Waals surface area contributed by atoms with Gasteiger partial charge in [0.15, 0.2) is 10.8 Å². The number of non-ortho nitro benzene ring substituents is 1. The van der Waals surface area contributed by atoms with Gasteiger partial charge in [-0.1, -0.05) is 6.07 Å². The van der Waals surface area contributed by atoms with E-state index in [-0.39, 0.29) is 17.3 Å². The van der Waals surface area contributed by atoms with E-state index in [2.05, 4.69) is 15.4 Å². The fourth-order valence-corrected chi connectivity index (χ4v) is 3.20. The maximum atomic E-state index is 12.3. The molecule has 0 atom stereocenters. The summed E-state index contributed by atoms with van der Waals surface area (Å²) in [4.78, 5) is 27.1. The molecule has 0 aliphatic heterocycles. The largest absolute Gasteiger partial charge is 0.296 e. The van der Waals surface area contributed by atoms with Crippen LogP contribution in [0.1, 0.15) is 34.9 Å². The molecular formula is C16H13N5O3S. The first-order chi connectivity index (χ1) is 12.1. The first-order valence-corrected chi connectivity index (χ1v) is 8.55. The van der Waals surface area contributed by atoms with Crippen LogP contribution in [0.2, 0.25) is 0 Å². The molecule has 1 aromatic carbocycles. The molecule has 0 spiro atoms. The highest BCUT2D eigenvalue weighted by Gasteiger charge is 2.26. The number of hydrogen-bond donors (Lipinski definition) is 1. The Bertz CT molecular complexity index is 960. The number of aromatic nitrogens is 3. The molecule has 2 aromatic heterocycles. The van der Waals surface area contributed by atoms with E-state index in [1.807, 2.05) is 5.38 Å². The molecule has 0 bridgehead atoms. The van der Waals surface area contributed by atoms with Crippen molar-refractivity contribution in [1.82, 2.24) is 14.8 Å². The molecule has 8 nitrogen and oxygen atoms in total. The van der Waals surface area contributed by atoms with E-state index < -0.39 is 4.92 Å². The summed E-state index contributed by atoms with van der Waals surface area (Å²) in [6.45, 7) is 0. The highest BCUT2D eigenvalue weighted by atomic mass is 32.1. The standard InChI is InChI=1S/C16H13N5O3S/c22-15(18-16-17-14(9-25-16)10-4-5-10)13-6-7-20(19-13)11-2-1-3-12(8-11)21(23)24/h1-3,6-10H,4-5H2,(H,17,18,22). The molecule has 25 heavy (non-hydrogen) atoms. The van der Waals surface area contributed by atoms with Crippen LogP contribution in [0.15, 0.2) is 41.9 Å².